The summed E-state index contributed by atoms with van der Waals surface area (Å²) in [6, 6.07) is 23.6. The Morgan fingerprint density at radius 2 is 1.31 bits per heavy atom. The summed E-state index contributed by atoms with van der Waals surface area (Å²) in [5.41, 5.74) is 8.70. The Hall–Kier alpha value is -3.53. The molecule has 0 spiro atoms. The minimum Gasteiger partial charge on any atom is -0.506 e. The van der Waals surface area contributed by atoms with Gasteiger partial charge in [-0.05, 0) is 128 Å². The number of aromatic hydroxyl groups is 1. The minimum atomic E-state index is -0.401. The molecule has 1 aromatic heterocycles. The molecule has 2 aliphatic rings. The van der Waals surface area contributed by atoms with E-state index in [9.17, 15) is 5.11 Å². The Bertz CT molecular complexity index is 2020. The molecule has 1 fully saturated rings. The van der Waals surface area contributed by atoms with Crippen LogP contribution in [0.1, 0.15) is 156 Å². The first kappa shape index (κ1) is 45.0. The highest BCUT2D eigenvalue weighted by molar-refractivity contribution is 9.10. The Kier molecular flexibility index (Phi) is 15.2. The van der Waals surface area contributed by atoms with Crippen molar-refractivity contribution in [2.24, 2.45) is 10.2 Å². The average Bonchev–Trinajstić information content (AvgIpc) is 3.61. The van der Waals surface area contributed by atoms with Crippen LogP contribution in [0.15, 0.2) is 87.6 Å². The molecule has 2 heterocycles. The van der Waals surface area contributed by atoms with Crippen LogP contribution in [0.2, 0.25) is 0 Å². The molecule has 1 saturated heterocycles. The van der Waals surface area contributed by atoms with Gasteiger partial charge in [0, 0.05) is 23.7 Å². The maximum atomic E-state index is 10.5. The molecule has 1 aliphatic heterocycles. The van der Waals surface area contributed by atoms with Crippen LogP contribution in [0.3, 0.4) is 0 Å². The fourth-order valence-electron chi connectivity index (χ4n) is 9.10. The number of unbranched alkanes of at least 4 members (excludes halogenated alkanes) is 10. The SMILES string of the molecule is CCCCCCCCC1(CCCCCCCC)c2cc(B3OC(C)(C)C(C)(C)O3)ccc2-c2ccc(-c3cnc(/N=N/C(C)N(CC)c4ccccc4O)c(Br)c3)cc21. The van der Waals surface area contributed by atoms with Crippen LogP contribution in [-0.2, 0) is 14.7 Å². The highest BCUT2D eigenvalue weighted by Gasteiger charge is 2.52. The summed E-state index contributed by atoms with van der Waals surface area (Å²) < 4.78 is 14.1. The van der Waals surface area contributed by atoms with Gasteiger partial charge in [0.25, 0.3) is 0 Å². The van der Waals surface area contributed by atoms with E-state index in [4.69, 9.17) is 14.3 Å². The van der Waals surface area contributed by atoms with E-state index in [1.54, 1.807) is 6.07 Å². The third-order valence-corrected chi connectivity index (χ3v) is 13.9. The van der Waals surface area contributed by atoms with E-state index in [0.29, 0.717) is 12.4 Å². The number of phenolic OH excluding ortho intramolecular Hbond substituents is 1. The number of halogens is 1. The standard InChI is InChI=1S/C50H68BBrN4O3/c1-9-12-14-16-18-22-30-50(31-23-19-17-15-13-10-2)42-32-37(26-28-40(42)41-29-27-39(34-43(41)50)51-58-48(5,6)49(7,8)59-51)38-33-44(52)47(53-35-38)55-54-36(4)56(11-3)45-24-20-21-25-46(45)57/h20-21,24-29,32-36,57H,9-19,22-23,30-31H2,1-8H3/b55-54+. The van der Waals surface area contributed by atoms with Crippen molar-refractivity contribution in [3.05, 3.63) is 88.5 Å². The van der Waals surface area contributed by atoms with Gasteiger partial charge in [0.05, 0.1) is 21.4 Å². The molecule has 316 valence electrons. The number of phenols is 1. The van der Waals surface area contributed by atoms with Crippen molar-refractivity contribution in [2.75, 3.05) is 11.4 Å². The summed E-state index contributed by atoms with van der Waals surface area (Å²) in [7, 11) is -0.400. The largest absolute Gasteiger partial charge is 0.506 e. The molecule has 0 amide bonds. The third kappa shape index (κ3) is 10.0. The number of anilines is 1. The number of hydrogen-bond acceptors (Lipinski definition) is 7. The van der Waals surface area contributed by atoms with Gasteiger partial charge in [-0.25, -0.2) is 4.98 Å². The molecule has 59 heavy (non-hydrogen) atoms. The smallest absolute Gasteiger partial charge is 0.494 e. The Balaban J connectivity index is 1.35. The molecule has 0 saturated carbocycles. The van der Waals surface area contributed by atoms with Crippen molar-refractivity contribution in [3.8, 4) is 28.0 Å². The molecule has 6 rings (SSSR count). The molecular formula is C50H68BBrN4O3. The van der Waals surface area contributed by atoms with Crippen LogP contribution in [0.5, 0.6) is 5.75 Å². The van der Waals surface area contributed by atoms with Gasteiger partial charge in [0.2, 0.25) is 0 Å². The van der Waals surface area contributed by atoms with Crippen molar-refractivity contribution in [1.82, 2.24) is 4.98 Å². The predicted molar refractivity (Wildman–Crippen MR) is 250 cm³/mol. The average molecular weight is 864 g/mol. The lowest BCUT2D eigenvalue weighted by Gasteiger charge is -2.33. The molecule has 0 bridgehead atoms. The summed E-state index contributed by atoms with van der Waals surface area (Å²) >= 11 is 3.80. The number of fused-ring (bicyclic) bond motifs is 3. The van der Waals surface area contributed by atoms with Crippen LogP contribution < -0.4 is 10.4 Å². The van der Waals surface area contributed by atoms with Gasteiger partial charge in [0.1, 0.15) is 11.9 Å². The van der Waals surface area contributed by atoms with E-state index in [0.717, 1.165) is 39.6 Å². The fraction of sp³-hybridized carbons (Fsp3) is 0.540. The zero-order chi connectivity index (χ0) is 42.2. The van der Waals surface area contributed by atoms with E-state index < -0.39 is 18.3 Å². The van der Waals surface area contributed by atoms with Gasteiger partial charge >= 0.3 is 7.12 Å². The van der Waals surface area contributed by atoms with E-state index in [1.165, 1.54) is 99.3 Å². The minimum absolute atomic E-state index is 0.108. The number of rotatable bonds is 21. The predicted octanol–water partition coefficient (Wildman–Crippen LogP) is 14.2. The number of aromatic nitrogens is 1. The maximum absolute atomic E-state index is 10.5. The van der Waals surface area contributed by atoms with Crippen molar-refractivity contribution < 1.29 is 14.4 Å². The molecule has 9 heteroatoms. The molecule has 7 nitrogen and oxygen atoms in total. The highest BCUT2D eigenvalue weighted by atomic mass is 79.9. The summed E-state index contributed by atoms with van der Waals surface area (Å²) in [6.07, 6.45) is 19.2. The van der Waals surface area contributed by atoms with Gasteiger partial charge in [-0.2, -0.15) is 5.11 Å². The molecule has 1 N–H and O–H groups in total. The highest BCUT2D eigenvalue weighted by Crippen LogP contribution is 2.55. The Labute approximate surface area is 364 Å². The zero-order valence-electron chi connectivity index (χ0n) is 37.1. The summed E-state index contributed by atoms with van der Waals surface area (Å²) in [5.74, 6) is 0.754. The first-order valence-electron chi connectivity index (χ1n) is 22.6. The lowest BCUT2D eigenvalue weighted by Crippen LogP contribution is -2.41. The van der Waals surface area contributed by atoms with Gasteiger partial charge in [-0.3, -0.25) is 0 Å². The second-order valence-corrected chi connectivity index (χ2v) is 18.8. The molecule has 0 radical (unpaired) electrons. The lowest BCUT2D eigenvalue weighted by atomic mass is 9.68. The third-order valence-electron chi connectivity index (χ3n) is 13.3. The zero-order valence-corrected chi connectivity index (χ0v) is 38.7. The van der Waals surface area contributed by atoms with Gasteiger partial charge in [-0.1, -0.05) is 133 Å². The Morgan fingerprint density at radius 1 is 0.729 bits per heavy atom. The first-order chi connectivity index (χ1) is 28.4. The molecule has 3 aromatic carbocycles. The molecule has 1 atom stereocenters. The molecular weight excluding hydrogens is 795 g/mol. The van der Waals surface area contributed by atoms with Gasteiger partial charge in [0.15, 0.2) is 5.82 Å². The van der Waals surface area contributed by atoms with Crippen LogP contribution in [0, 0.1) is 0 Å². The topological polar surface area (TPSA) is 79.5 Å². The van der Waals surface area contributed by atoms with Gasteiger partial charge < -0.3 is 19.3 Å². The number of nitrogens with zero attached hydrogens (tertiary/aromatic N) is 4. The lowest BCUT2D eigenvalue weighted by molar-refractivity contribution is 0.00578. The van der Waals surface area contributed by atoms with E-state index >= 15 is 0 Å². The van der Waals surface area contributed by atoms with E-state index in [2.05, 4.69) is 110 Å². The first-order valence-corrected chi connectivity index (χ1v) is 23.4. The maximum Gasteiger partial charge on any atom is 0.494 e. The molecule has 1 unspecified atom stereocenters. The van der Waals surface area contributed by atoms with E-state index in [1.807, 2.05) is 43.1 Å². The summed E-state index contributed by atoms with van der Waals surface area (Å²) in [6.45, 7) is 17.8. The van der Waals surface area contributed by atoms with Crippen molar-refractivity contribution in [1.29, 1.82) is 0 Å². The molecule has 4 aromatic rings. The van der Waals surface area contributed by atoms with Crippen LogP contribution in [0.4, 0.5) is 11.5 Å². The monoisotopic (exact) mass is 862 g/mol. The Morgan fingerprint density at radius 3 is 1.90 bits per heavy atom. The molecule has 1 aliphatic carbocycles. The normalized spacial score (nSPS) is 16.7. The number of hydrogen-bond donors (Lipinski definition) is 1. The number of benzene rings is 3. The quantitative estimate of drug-likeness (QED) is 0.0513. The van der Waals surface area contributed by atoms with Crippen molar-refractivity contribution in [3.63, 3.8) is 0 Å². The number of azo groups is 1. The number of para-hydroxylation sites is 2. The van der Waals surface area contributed by atoms with Crippen LogP contribution in [0.25, 0.3) is 22.3 Å². The van der Waals surface area contributed by atoms with Crippen LogP contribution >= 0.6 is 15.9 Å². The second kappa shape index (κ2) is 19.9. The summed E-state index contributed by atoms with van der Waals surface area (Å²) in [4.78, 5) is 6.84. The second-order valence-electron chi connectivity index (χ2n) is 17.9. The van der Waals surface area contributed by atoms with Crippen LogP contribution in [-0.4, -0.2) is 41.1 Å². The fourth-order valence-corrected chi connectivity index (χ4v) is 9.53. The van der Waals surface area contributed by atoms with Crippen molar-refractivity contribution >= 4 is 40.0 Å². The van der Waals surface area contributed by atoms with E-state index in [-0.39, 0.29) is 17.3 Å². The summed E-state index contributed by atoms with van der Waals surface area (Å²) in [5, 5.41) is 19.7. The van der Waals surface area contributed by atoms with Crippen molar-refractivity contribution in [2.45, 2.75) is 168 Å². The van der Waals surface area contributed by atoms with Gasteiger partial charge in [-0.15, -0.1) is 5.11 Å². The number of pyridine rings is 1.